The highest BCUT2D eigenvalue weighted by atomic mass is 19.1. The maximum Gasteiger partial charge on any atom is 0.142 e. The molecule has 0 spiro atoms. The zero-order valence-corrected chi connectivity index (χ0v) is 10.4. The lowest BCUT2D eigenvalue weighted by atomic mass is 10.0. The predicted molar refractivity (Wildman–Crippen MR) is 69.5 cm³/mol. The first-order chi connectivity index (χ1) is 9.22. The molecular formula is C15H14F2N2. The van der Waals surface area contributed by atoms with Crippen LogP contribution in [0.1, 0.15) is 18.4 Å². The van der Waals surface area contributed by atoms with Gasteiger partial charge in [-0.1, -0.05) is 12.1 Å². The van der Waals surface area contributed by atoms with Gasteiger partial charge in [0.2, 0.25) is 0 Å². The molecule has 0 amide bonds. The van der Waals surface area contributed by atoms with E-state index in [1.165, 1.54) is 31.2 Å². The number of nitrogens with one attached hydrogen (secondary N) is 1. The van der Waals surface area contributed by atoms with Gasteiger partial charge in [0.05, 0.1) is 6.20 Å². The molecule has 1 aromatic carbocycles. The van der Waals surface area contributed by atoms with Crippen molar-refractivity contribution in [3.63, 3.8) is 0 Å². The van der Waals surface area contributed by atoms with Gasteiger partial charge in [-0.2, -0.15) is 0 Å². The highest BCUT2D eigenvalue weighted by Gasteiger charge is 2.20. The monoisotopic (exact) mass is 260 g/mol. The highest BCUT2D eigenvalue weighted by molar-refractivity contribution is 5.63. The first-order valence-corrected chi connectivity index (χ1v) is 6.35. The van der Waals surface area contributed by atoms with E-state index < -0.39 is 5.82 Å². The van der Waals surface area contributed by atoms with Crippen LogP contribution in [0.4, 0.5) is 8.78 Å². The Morgan fingerprint density at radius 1 is 1.16 bits per heavy atom. The molecule has 2 nitrogen and oxygen atoms in total. The van der Waals surface area contributed by atoms with Crippen molar-refractivity contribution in [2.24, 2.45) is 0 Å². The maximum atomic E-state index is 14.0. The van der Waals surface area contributed by atoms with E-state index in [0.29, 0.717) is 23.7 Å². The molecule has 0 aliphatic heterocycles. The van der Waals surface area contributed by atoms with Gasteiger partial charge in [-0.3, -0.25) is 4.98 Å². The van der Waals surface area contributed by atoms with Crippen LogP contribution in [0, 0.1) is 11.6 Å². The normalized spacial score (nSPS) is 14.6. The fraction of sp³-hybridized carbons (Fsp3) is 0.267. The van der Waals surface area contributed by atoms with E-state index in [4.69, 9.17) is 0 Å². The molecule has 1 fully saturated rings. The second kappa shape index (κ2) is 5.05. The lowest BCUT2D eigenvalue weighted by Crippen LogP contribution is -2.15. The minimum atomic E-state index is -0.462. The van der Waals surface area contributed by atoms with Crippen molar-refractivity contribution in [1.29, 1.82) is 0 Å². The number of benzene rings is 1. The average molecular weight is 260 g/mol. The second-order valence-corrected chi connectivity index (χ2v) is 4.86. The van der Waals surface area contributed by atoms with E-state index in [2.05, 4.69) is 10.3 Å². The molecule has 0 radical (unpaired) electrons. The topological polar surface area (TPSA) is 24.9 Å². The first-order valence-electron chi connectivity index (χ1n) is 6.35. The molecule has 2 aromatic rings. The molecule has 0 unspecified atom stereocenters. The van der Waals surface area contributed by atoms with Gasteiger partial charge in [-0.05, 0) is 30.5 Å². The standard InChI is InChI=1S/C15H14F2N2/c16-12-6-11(8-18-9-12)14-4-1-10(5-15(14)17)7-19-13-2-3-13/h1,4-6,8-9,13,19H,2-3,7H2. The summed E-state index contributed by atoms with van der Waals surface area (Å²) in [6.45, 7) is 0.670. The lowest BCUT2D eigenvalue weighted by Gasteiger charge is -2.07. The van der Waals surface area contributed by atoms with Crippen LogP contribution in [0.3, 0.4) is 0 Å². The van der Waals surface area contributed by atoms with Crippen molar-refractivity contribution >= 4 is 0 Å². The number of hydrogen-bond acceptors (Lipinski definition) is 2. The molecule has 1 aliphatic carbocycles. The van der Waals surface area contributed by atoms with E-state index in [9.17, 15) is 8.78 Å². The van der Waals surface area contributed by atoms with Crippen LogP contribution in [-0.2, 0) is 6.54 Å². The molecule has 0 atom stereocenters. The van der Waals surface area contributed by atoms with Gasteiger partial charge < -0.3 is 5.32 Å². The molecule has 0 saturated heterocycles. The number of nitrogens with zero attached hydrogens (tertiary/aromatic N) is 1. The van der Waals surface area contributed by atoms with E-state index in [1.807, 2.05) is 6.07 Å². The molecule has 98 valence electrons. The fourth-order valence-corrected chi connectivity index (χ4v) is 2.01. The van der Waals surface area contributed by atoms with Crippen LogP contribution in [0.25, 0.3) is 11.1 Å². The van der Waals surface area contributed by atoms with Crippen LogP contribution in [0.2, 0.25) is 0 Å². The first kappa shape index (κ1) is 12.2. The van der Waals surface area contributed by atoms with Crippen LogP contribution < -0.4 is 5.32 Å². The molecule has 1 aliphatic rings. The molecule has 1 aromatic heterocycles. The quantitative estimate of drug-likeness (QED) is 0.912. The largest absolute Gasteiger partial charge is 0.310 e. The molecule has 0 bridgehead atoms. The molecule has 1 saturated carbocycles. The molecule has 4 heteroatoms. The van der Waals surface area contributed by atoms with Crippen molar-refractivity contribution in [2.75, 3.05) is 0 Å². The van der Waals surface area contributed by atoms with Crippen molar-refractivity contribution in [1.82, 2.24) is 10.3 Å². The second-order valence-electron chi connectivity index (χ2n) is 4.86. The fourth-order valence-electron chi connectivity index (χ4n) is 2.01. The van der Waals surface area contributed by atoms with Crippen molar-refractivity contribution in [3.8, 4) is 11.1 Å². The van der Waals surface area contributed by atoms with Crippen LogP contribution in [0.15, 0.2) is 36.7 Å². The zero-order chi connectivity index (χ0) is 13.2. The Morgan fingerprint density at radius 2 is 2.00 bits per heavy atom. The van der Waals surface area contributed by atoms with Gasteiger partial charge >= 0.3 is 0 Å². The summed E-state index contributed by atoms with van der Waals surface area (Å²) in [5, 5.41) is 3.33. The summed E-state index contributed by atoms with van der Waals surface area (Å²) in [4.78, 5) is 3.74. The molecular weight excluding hydrogens is 246 g/mol. The van der Waals surface area contributed by atoms with E-state index in [0.717, 1.165) is 11.8 Å². The molecule has 19 heavy (non-hydrogen) atoms. The van der Waals surface area contributed by atoms with Gasteiger partial charge in [-0.25, -0.2) is 8.78 Å². The van der Waals surface area contributed by atoms with Crippen LogP contribution in [0.5, 0.6) is 0 Å². The van der Waals surface area contributed by atoms with Crippen LogP contribution >= 0.6 is 0 Å². The zero-order valence-electron chi connectivity index (χ0n) is 10.4. The Balaban J connectivity index is 1.82. The number of pyridine rings is 1. The Hall–Kier alpha value is -1.81. The third-order valence-electron chi connectivity index (χ3n) is 3.22. The summed E-state index contributed by atoms with van der Waals surface area (Å²) in [6, 6.07) is 6.91. The minimum Gasteiger partial charge on any atom is -0.310 e. The SMILES string of the molecule is Fc1cncc(-c2ccc(CNC3CC3)cc2F)c1. The van der Waals surface area contributed by atoms with Crippen molar-refractivity contribution in [2.45, 2.75) is 25.4 Å². The van der Waals surface area contributed by atoms with Crippen LogP contribution in [-0.4, -0.2) is 11.0 Å². The maximum absolute atomic E-state index is 14.0. The summed E-state index contributed by atoms with van der Waals surface area (Å²) in [5.74, 6) is -0.807. The summed E-state index contributed by atoms with van der Waals surface area (Å²) in [5.41, 5.74) is 1.74. The van der Waals surface area contributed by atoms with Gasteiger partial charge in [-0.15, -0.1) is 0 Å². The van der Waals surface area contributed by atoms with Gasteiger partial charge in [0.1, 0.15) is 11.6 Å². The molecule has 1 N–H and O–H groups in total. The summed E-state index contributed by atoms with van der Waals surface area (Å²) in [6.07, 6.45) is 4.98. The summed E-state index contributed by atoms with van der Waals surface area (Å²) >= 11 is 0. The number of aromatic nitrogens is 1. The third-order valence-corrected chi connectivity index (χ3v) is 3.22. The minimum absolute atomic E-state index is 0.345. The lowest BCUT2D eigenvalue weighted by molar-refractivity contribution is 0.617. The molecule has 3 rings (SSSR count). The molecule has 1 heterocycles. The van der Waals surface area contributed by atoms with E-state index >= 15 is 0 Å². The summed E-state index contributed by atoms with van der Waals surface area (Å²) in [7, 11) is 0. The summed E-state index contributed by atoms with van der Waals surface area (Å²) < 4.78 is 27.1. The van der Waals surface area contributed by atoms with Gasteiger partial charge in [0, 0.05) is 29.9 Å². The third kappa shape index (κ3) is 2.96. The highest BCUT2D eigenvalue weighted by Crippen LogP contribution is 2.24. The van der Waals surface area contributed by atoms with Crippen molar-refractivity contribution in [3.05, 3.63) is 53.9 Å². The number of hydrogen-bond donors (Lipinski definition) is 1. The smallest absolute Gasteiger partial charge is 0.142 e. The average Bonchev–Trinajstić information content (AvgIpc) is 3.20. The Morgan fingerprint density at radius 3 is 2.68 bits per heavy atom. The Bertz CT molecular complexity index is 594. The van der Waals surface area contributed by atoms with Gasteiger partial charge in [0.25, 0.3) is 0 Å². The number of rotatable bonds is 4. The van der Waals surface area contributed by atoms with Gasteiger partial charge in [0.15, 0.2) is 0 Å². The van der Waals surface area contributed by atoms with E-state index in [1.54, 1.807) is 6.07 Å². The predicted octanol–water partition coefficient (Wildman–Crippen LogP) is 3.28. The Labute approximate surface area is 110 Å². The number of halogens is 2. The van der Waals surface area contributed by atoms with E-state index in [-0.39, 0.29) is 5.82 Å². The van der Waals surface area contributed by atoms with Crippen molar-refractivity contribution < 1.29 is 8.78 Å². The Kier molecular flexibility index (Phi) is 3.25.